The molecule has 2 N–H and O–H groups in total. The summed E-state index contributed by atoms with van der Waals surface area (Å²) in [5.41, 5.74) is -2.61. The van der Waals surface area contributed by atoms with Crippen LogP contribution in [0.2, 0.25) is 12.1 Å². The van der Waals surface area contributed by atoms with Crippen molar-refractivity contribution in [1.29, 1.82) is 0 Å². The summed E-state index contributed by atoms with van der Waals surface area (Å²) in [5, 5.41) is 19.7. The Balaban J connectivity index is 0. The number of aliphatic hydroxyl groups is 2. The lowest BCUT2D eigenvalue weighted by molar-refractivity contribution is -0.181. The number of rotatable bonds is 13. The molecule has 1 aliphatic heterocycles. The van der Waals surface area contributed by atoms with Crippen molar-refractivity contribution in [3.63, 3.8) is 0 Å². The van der Waals surface area contributed by atoms with Crippen LogP contribution in [0, 0.1) is 0 Å². The zero-order valence-corrected chi connectivity index (χ0v) is 31.2. The zero-order valence-electron chi connectivity index (χ0n) is 26.1. The van der Waals surface area contributed by atoms with E-state index in [0.717, 1.165) is 0 Å². The first-order chi connectivity index (χ1) is 17.9. The van der Waals surface area contributed by atoms with E-state index >= 15 is 0 Å². The van der Waals surface area contributed by atoms with Crippen molar-refractivity contribution in [3.8, 4) is 0 Å². The molecule has 1 fully saturated rings. The highest BCUT2D eigenvalue weighted by Gasteiger charge is 2.59. The van der Waals surface area contributed by atoms with Gasteiger partial charge in [0.15, 0.2) is 0 Å². The normalized spacial score (nSPS) is 21.4. The van der Waals surface area contributed by atoms with Gasteiger partial charge in [0.1, 0.15) is 24.4 Å². The molecule has 1 rings (SSSR count). The van der Waals surface area contributed by atoms with Crippen LogP contribution in [-0.4, -0.2) is 99.3 Å². The first-order valence-corrected chi connectivity index (χ1v) is 21.0. The minimum atomic E-state index is -2.77. The first kappa shape index (κ1) is 42.9. The molecule has 1 saturated heterocycles. The maximum absolute atomic E-state index is 9.86. The molecule has 4 atom stereocenters. The predicted molar refractivity (Wildman–Crippen MR) is 171 cm³/mol. The molecule has 1 heterocycles. The number of aliphatic hydroxyl groups excluding tert-OH is 2. The second kappa shape index (κ2) is 17.3. The molecule has 0 amide bonds. The van der Waals surface area contributed by atoms with Gasteiger partial charge < -0.3 is 38.0 Å². The van der Waals surface area contributed by atoms with Crippen molar-refractivity contribution in [2.45, 2.75) is 114 Å². The van der Waals surface area contributed by atoms with Gasteiger partial charge in [-0.15, -0.1) is 46.4 Å². The van der Waals surface area contributed by atoms with Crippen molar-refractivity contribution in [1.82, 2.24) is 0 Å². The summed E-state index contributed by atoms with van der Waals surface area (Å²) in [5.74, 6) is 0. The third-order valence-electron chi connectivity index (χ3n) is 6.84. The Hall–Kier alpha value is 0.754. The summed E-state index contributed by atoms with van der Waals surface area (Å²) in [4.78, 5) is 0. The lowest BCUT2D eigenvalue weighted by Gasteiger charge is -2.39. The van der Waals surface area contributed by atoms with Crippen LogP contribution in [0.25, 0.3) is 0 Å². The molecule has 14 heteroatoms. The van der Waals surface area contributed by atoms with Gasteiger partial charge in [-0.3, -0.25) is 0 Å². The fraction of sp³-hybridized carbons (Fsp3) is 0.846. The molecular formula is C26H52Cl4O8Si2. The van der Waals surface area contributed by atoms with Gasteiger partial charge in [0.25, 0.3) is 0 Å². The highest BCUT2D eigenvalue weighted by molar-refractivity contribution is 7.64. The maximum atomic E-state index is 9.86. The smallest absolute Gasteiger partial charge is 0.387 e. The van der Waals surface area contributed by atoms with Gasteiger partial charge in [-0.2, -0.15) is 0 Å². The van der Waals surface area contributed by atoms with Crippen molar-refractivity contribution in [2.75, 3.05) is 28.4 Å². The van der Waals surface area contributed by atoms with Crippen molar-refractivity contribution < 1.29 is 38.0 Å². The quantitative estimate of drug-likeness (QED) is 0.131. The van der Waals surface area contributed by atoms with Gasteiger partial charge in [0.05, 0.1) is 22.4 Å². The Labute approximate surface area is 263 Å². The molecule has 0 aromatic carbocycles. The van der Waals surface area contributed by atoms with Gasteiger partial charge in [-0.05, 0) is 55.4 Å². The van der Waals surface area contributed by atoms with Gasteiger partial charge in [0.2, 0.25) is 0 Å². The molecule has 0 spiro atoms. The standard InChI is InChI=1S/C13H25ClO4Si.C10H22O4.C3H5Cl3Si/c1-8-9-19(14)17-10(12(2,3)15-6)11(18-19)13(4,5)16-7;1-9(2,13-5)7(11)8(12)10(3,4)14-6;1-2-3-7(4,5)6/h8,10-11H,1,9H2,2-7H3;7-8,11-12H,1-6H3;2H,1,3H2/t10-,11-;7-,8-;/m11./s1. The number of ether oxygens (including phenoxy) is 4. The van der Waals surface area contributed by atoms with E-state index in [0.29, 0.717) is 12.1 Å². The lowest BCUT2D eigenvalue weighted by Crippen LogP contribution is -2.55. The minimum Gasteiger partial charge on any atom is -0.387 e. The van der Waals surface area contributed by atoms with Crippen LogP contribution in [0.5, 0.6) is 0 Å². The van der Waals surface area contributed by atoms with Gasteiger partial charge in [0, 0.05) is 40.5 Å². The van der Waals surface area contributed by atoms with E-state index in [1.54, 1.807) is 54.1 Å². The highest BCUT2D eigenvalue weighted by atomic mass is 35.8. The number of hydrogen-bond acceptors (Lipinski definition) is 8. The van der Waals surface area contributed by atoms with Crippen LogP contribution >= 0.6 is 44.3 Å². The monoisotopic (exact) mass is 688 g/mol. The molecule has 0 unspecified atom stereocenters. The van der Waals surface area contributed by atoms with Gasteiger partial charge in [-0.25, -0.2) is 0 Å². The third kappa shape index (κ3) is 14.0. The first-order valence-electron chi connectivity index (χ1n) is 12.8. The number of allylic oxidation sites excluding steroid dienone is 2. The van der Waals surface area contributed by atoms with E-state index in [1.807, 2.05) is 27.7 Å². The molecule has 0 aromatic heterocycles. The van der Waals surface area contributed by atoms with E-state index in [4.69, 9.17) is 72.1 Å². The second-order valence-electron chi connectivity index (χ2n) is 11.5. The molecular weight excluding hydrogens is 638 g/mol. The van der Waals surface area contributed by atoms with E-state index in [2.05, 4.69) is 13.2 Å². The summed E-state index contributed by atoms with van der Waals surface area (Å²) in [6.45, 7) is 21.9. The van der Waals surface area contributed by atoms with Crippen LogP contribution in [0.4, 0.5) is 0 Å². The second-order valence-corrected chi connectivity index (χ2v) is 24.6. The highest BCUT2D eigenvalue weighted by Crippen LogP contribution is 2.42. The lowest BCUT2D eigenvalue weighted by atomic mass is 9.87. The molecule has 1 aliphatic rings. The Morgan fingerprint density at radius 1 is 0.750 bits per heavy atom. The third-order valence-corrected chi connectivity index (χ3v) is 12.0. The molecule has 0 bridgehead atoms. The Kier molecular flexibility index (Phi) is 18.5. The molecule has 40 heavy (non-hydrogen) atoms. The van der Waals surface area contributed by atoms with Crippen LogP contribution in [0.3, 0.4) is 0 Å². The summed E-state index contributed by atoms with van der Waals surface area (Å²) < 4.78 is 33.4. The minimum absolute atomic E-state index is 0.281. The van der Waals surface area contributed by atoms with Gasteiger partial charge in [-0.1, -0.05) is 23.2 Å². The number of halogens is 4. The summed E-state index contributed by atoms with van der Waals surface area (Å²) >= 11 is 22.8. The Morgan fingerprint density at radius 2 is 1.07 bits per heavy atom. The fourth-order valence-electron chi connectivity index (χ4n) is 3.21. The maximum Gasteiger partial charge on any atom is 0.447 e. The molecule has 240 valence electrons. The average molecular weight is 691 g/mol. The molecule has 0 aromatic rings. The predicted octanol–water partition coefficient (Wildman–Crippen LogP) is 6.37. The van der Waals surface area contributed by atoms with Crippen molar-refractivity contribution in [2.24, 2.45) is 0 Å². The molecule has 0 radical (unpaired) electrons. The van der Waals surface area contributed by atoms with E-state index in [9.17, 15) is 10.2 Å². The molecule has 0 saturated carbocycles. The Bertz CT molecular complexity index is 719. The van der Waals surface area contributed by atoms with Crippen LogP contribution < -0.4 is 0 Å². The summed E-state index contributed by atoms with van der Waals surface area (Å²) in [6.07, 6.45) is 0.801. The average Bonchev–Trinajstić information content (AvgIpc) is 3.22. The molecule has 0 aliphatic carbocycles. The van der Waals surface area contributed by atoms with Crippen LogP contribution in [0.1, 0.15) is 55.4 Å². The van der Waals surface area contributed by atoms with Gasteiger partial charge >= 0.3 is 13.9 Å². The fourth-order valence-corrected chi connectivity index (χ4v) is 7.59. The van der Waals surface area contributed by atoms with Crippen molar-refractivity contribution in [3.05, 3.63) is 25.3 Å². The number of methoxy groups -OCH3 is 4. The zero-order chi connectivity index (χ0) is 32.4. The number of hydrogen-bond donors (Lipinski definition) is 2. The SMILES string of the molecule is C=CC[Si](Cl)(Cl)Cl.C=CC[Si]1(Cl)O[C@@H](C(C)(C)OC)[C@H](C(C)(C)OC)O1.COC(C)(C)[C@H](O)[C@@H](O)C(C)(C)OC. The Morgan fingerprint density at radius 3 is 1.25 bits per heavy atom. The van der Waals surface area contributed by atoms with Crippen LogP contribution in [0.15, 0.2) is 25.3 Å². The topological polar surface area (TPSA) is 95.8 Å². The molecule has 8 nitrogen and oxygen atoms in total. The van der Waals surface area contributed by atoms with Crippen molar-refractivity contribution >= 4 is 58.2 Å². The van der Waals surface area contributed by atoms with Crippen LogP contribution in [-0.2, 0) is 27.8 Å². The van der Waals surface area contributed by atoms with E-state index < -0.39 is 48.5 Å². The summed E-state index contributed by atoms with van der Waals surface area (Å²) in [7, 11) is 3.53. The van der Waals surface area contributed by atoms with E-state index in [-0.39, 0.29) is 12.2 Å². The largest absolute Gasteiger partial charge is 0.447 e. The summed E-state index contributed by atoms with van der Waals surface area (Å²) in [6, 6.07) is -1.29. The van der Waals surface area contributed by atoms with E-state index in [1.165, 1.54) is 14.2 Å².